The predicted octanol–water partition coefficient (Wildman–Crippen LogP) is 1.11. The van der Waals surface area contributed by atoms with Gasteiger partial charge in [0.2, 0.25) is 5.71 Å². The minimum absolute atomic E-state index is 0.155. The lowest BCUT2D eigenvalue weighted by molar-refractivity contribution is 0.751. The van der Waals surface area contributed by atoms with Crippen molar-refractivity contribution >= 4 is 28.1 Å². The minimum atomic E-state index is -0.371. The largest absolute Gasteiger partial charge is 0.382 e. The number of anilines is 1. The quantitative estimate of drug-likeness (QED) is 0.432. The summed E-state index contributed by atoms with van der Waals surface area (Å²) in [6.07, 6.45) is 0. The highest BCUT2D eigenvalue weighted by Crippen LogP contribution is 2.20. The van der Waals surface area contributed by atoms with E-state index in [4.69, 9.17) is 16.4 Å². The number of amidine groups is 1. The Morgan fingerprint density at radius 1 is 1.58 bits per heavy atom. The van der Waals surface area contributed by atoms with E-state index in [0.29, 0.717) is 5.69 Å². The number of rotatable bonds is 3. The summed E-state index contributed by atoms with van der Waals surface area (Å²) in [5.41, 5.74) is 10.3. The van der Waals surface area contributed by atoms with Gasteiger partial charge in [0.05, 0.1) is 11.2 Å². The van der Waals surface area contributed by atoms with E-state index in [1.807, 2.05) is 32.2 Å². The second-order valence-corrected chi connectivity index (χ2v) is 4.04. The standard InChI is InChI=1S/C12H13N7/c1-7-9-4-3-8(5-10(9)18-19(7)2)16-17-11(6-13)12(14)15/h3-5,16H,1-2H3,(H3,14,15)/b17-11+. The summed E-state index contributed by atoms with van der Waals surface area (Å²) in [5.74, 6) is -0.371. The van der Waals surface area contributed by atoms with Gasteiger partial charge in [-0.15, -0.1) is 0 Å². The Hall–Kier alpha value is -2.88. The van der Waals surface area contributed by atoms with Gasteiger partial charge >= 0.3 is 0 Å². The first-order valence-electron chi connectivity index (χ1n) is 5.54. The Morgan fingerprint density at radius 3 is 2.95 bits per heavy atom. The SMILES string of the molecule is Cc1c2ccc(N/N=C(\C#N)C(=N)N)cc2nn1C. The monoisotopic (exact) mass is 255 g/mol. The normalized spacial score (nSPS) is 11.3. The Labute approximate surface area is 109 Å². The third-order valence-corrected chi connectivity index (χ3v) is 2.79. The number of hydrogen-bond donors (Lipinski definition) is 3. The molecule has 0 saturated heterocycles. The summed E-state index contributed by atoms with van der Waals surface area (Å²) >= 11 is 0. The highest BCUT2D eigenvalue weighted by Gasteiger charge is 2.05. The topological polar surface area (TPSA) is 116 Å². The second kappa shape index (κ2) is 4.78. The summed E-state index contributed by atoms with van der Waals surface area (Å²) in [6, 6.07) is 7.32. The van der Waals surface area contributed by atoms with Crippen molar-refractivity contribution in [2.75, 3.05) is 5.43 Å². The van der Waals surface area contributed by atoms with Crippen molar-refractivity contribution in [2.45, 2.75) is 6.92 Å². The molecule has 0 unspecified atom stereocenters. The van der Waals surface area contributed by atoms with Crippen LogP contribution < -0.4 is 11.2 Å². The molecule has 0 saturated carbocycles. The van der Waals surface area contributed by atoms with Gasteiger partial charge in [-0.3, -0.25) is 15.5 Å². The van der Waals surface area contributed by atoms with Gasteiger partial charge in [-0.05, 0) is 25.1 Å². The zero-order valence-corrected chi connectivity index (χ0v) is 10.6. The highest BCUT2D eigenvalue weighted by molar-refractivity contribution is 6.45. The Balaban J connectivity index is 2.33. The van der Waals surface area contributed by atoms with Crippen molar-refractivity contribution in [1.82, 2.24) is 9.78 Å². The molecule has 2 aromatic rings. The average Bonchev–Trinajstić information content (AvgIpc) is 2.65. The van der Waals surface area contributed by atoms with Crippen LogP contribution in [0.3, 0.4) is 0 Å². The molecule has 1 aromatic carbocycles. The lowest BCUT2D eigenvalue weighted by Crippen LogP contribution is -2.21. The Kier molecular flexibility index (Phi) is 3.16. The molecule has 0 aliphatic carbocycles. The van der Waals surface area contributed by atoms with Crippen LogP contribution in [0.4, 0.5) is 5.69 Å². The molecule has 1 heterocycles. The molecule has 0 aliphatic rings. The fraction of sp³-hybridized carbons (Fsp3) is 0.167. The first-order chi connectivity index (χ1) is 9.02. The van der Waals surface area contributed by atoms with E-state index in [9.17, 15) is 0 Å². The number of aryl methyl sites for hydroxylation is 2. The molecular weight excluding hydrogens is 242 g/mol. The number of nitrogens with zero attached hydrogens (tertiary/aromatic N) is 4. The zero-order chi connectivity index (χ0) is 14.0. The molecule has 0 amide bonds. The number of nitriles is 1. The molecule has 4 N–H and O–H groups in total. The fourth-order valence-corrected chi connectivity index (χ4v) is 1.67. The van der Waals surface area contributed by atoms with Crippen LogP contribution in [0.2, 0.25) is 0 Å². The van der Waals surface area contributed by atoms with Gasteiger partial charge in [-0.25, -0.2) is 0 Å². The van der Waals surface area contributed by atoms with Crippen LogP contribution in [0.5, 0.6) is 0 Å². The molecule has 96 valence electrons. The number of aromatic nitrogens is 2. The number of nitrogens with one attached hydrogen (secondary N) is 2. The number of benzene rings is 1. The van der Waals surface area contributed by atoms with Gasteiger partial charge in [0.15, 0.2) is 5.84 Å². The maximum absolute atomic E-state index is 8.73. The van der Waals surface area contributed by atoms with Crippen LogP contribution in [-0.2, 0) is 7.05 Å². The summed E-state index contributed by atoms with van der Waals surface area (Å²) in [7, 11) is 1.88. The van der Waals surface area contributed by atoms with E-state index in [2.05, 4.69) is 15.6 Å². The summed E-state index contributed by atoms with van der Waals surface area (Å²) in [5, 5.41) is 25.1. The Morgan fingerprint density at radius 2 is 2.32 bits per heavy atom. The van der Waals surface area contributed by atoms with Crippen LogP contribution in [0.25, 0.3) is 10.9 Å². The molecule has 0 fully saturated rings. The molecule has 0 aliphatic heterocycles. The maximum Gasteiger partial charge on any atom is 0.201 e. The third-order valence-electron chi connectivity index (χ3n) is 2.79. The maximum atomic E-state index is 8.73. The van der Waals surface area contributed by atoms with Crippen molar-refractivity contribution in [2.24, 2.45) is 17.9 Å². The number of nitrogens with two attached hydrogens (primary N) is 1. The van der Waals surface area contributed by atoms with Gasteiger partial charge in [0.25, 0.3) is 0 Å². The van der Waals surface area contributed by atoms with Crippen molar-refractivity contribution in [1.29, 1.82) is 10.7 Å². The molecule has 2 rings (SSSR count). The van der Waals surface area contributed by atoms with E-state index in [1.54, 1.807) is 10.8 Å². The zero-order valence-electron chi connectivity index (χ0n) is 10.6. The number of hydrogen-bond acceptors (Lipinski definition) is 5. The van der Waals surface area contributed by atoms with Crippen LogP contribution in [0.1, 0.15) is 5.69 Å². The fourth-order valence-electron chi connectivity index (χ4n) is 1.67. The van der Waals surface area contributed by atoms with Crippen molar-refractivity contribution in [3.8, 4) is 6.07 Å². The van der Waals surface area contributed by atoms with Gasteiger partial charge in [0.1, 0.15) is 6.07 Å². The van der Waals surface area contributed by atoms with E-state index in [-0.39, 0.29) is 11.5 Å². The van der Waals surface area contributed by atoms with Crippen molar-refractivity contribution < 1.29 is 0 Å². The lowest BCUT2D eigenvalue weighted by atomic mass is 10.2. The van der Waals surface area contributed by atoms with Crippen molar-refractivity contribution in [3.05, 3.63) is 23.9 Å². The number of hydrazone groups is 1. The predicted molar refractivity (Wildman–Crippen MR) is 74.0 cm³/mol. The molecule has 0 bridgehead atoms. The molecule has 0 spiro atoms. The molecule has 0 atom stereocenters. The molecular formula is C12H13N7. The molecule has 1 aromatic heterocycles. The van der Waals surface area contributed by atoms with E-state index < -0.39 is 0 Å². The van der Waals surface area contributed by atoms with E-state index in [1.165, 1.54) is 0 Å². The average molecular weight is 255 g/mol. The first-order valence-corrected chi connectivity index (χ1v) is 5.54. The second-order valence-electron chi connectivity index (χ2n) is 4.04. The third kappa shape index (κ3) is 2.37. The molecule has 7 nitrogen and oxygen atoms in total. The van der Waals surface area contributed by atoms with Crippen LogP contribution in [0.15, 0.2) is 23.3 Å². The first kappa shape index (κ1) is 12.6. The van der Waals surface area contributed by atoms with Crippen LogP contribution >= 0.6 is 0 Å². The summed E-state index contributed by atoms with van der Waals surface area (Å²) in [6.45, 7) is 1.99. The summed E-state index contributed by atoms with van der Waals surface area (Å²) in [4.78, 5) is 0. The van der Waals surface area contributed by atoms with E-state index in [0.717, 1.165) is 16.6 Å². The highest BCUT2D eigenvalue weighted by atomic mass is 15.3. The molecule has 7 heteroatoms. The number of fused-ring (bicyclic) bond motifs is 1. The Bertz CT molecular complexity index is 717. The van der Waals surface area contributed by atoms with Crippen LogP contribution in [0, 0.1) is 23.7 Å². The van der Waals surface area contributed by atoms with Crippen LogP contribution in [-0.4, -0.2) is 21.3 Å². The van der Waals surface area contributed by atoms with Gasteiger partial charge < -0.3 is 5.73 Å². The summed E-state index contributed by atoms with van der Waals surface area (Å²) < 4.78 is 1.80. The smallest absolute Gasteiger partial charge is 0.201 e. The minimum Gasteiger partial charge on any atom is -0.382 e. The lowest BCUT2D eigenvalue weighted by Gasteiger charge is -2.00. The van der Waals surface area contributed by atoms with Crippen molar-refractivity contribution in [3.63, 3.8) is 0 Å². The van der Waals surface area contributed by atoms with Gasteiger partial charge in [-0.1, -0.05) is 0 Å². The molecule has 19 heavy (non-hydrogen) atoms. The molecule has 0 radical (unpaired) electrons. The van der Waals surface area contributed by atoms with Gasteiger partial charge in [0, 0.05) is 18.1 Å². The van der Waals surface area contributed by atoms with Gasteiger partial charge in [-0.2, -0.15) is 15.5 Å². The van der Waals surface area contributed by atoms with E-state index >= 15 is 0 Å².